The van der Waals surface area contributed by atoms with Crippen LogP contribution in [0.15, 0.2) is 131 Å². The summed E-state index contributed by atoms with van der Waals surface area (Å²) in [7, 11) is 0.279. The Labute approximate surface area is 341 Å². The van der Waals surface area contributed by atoms with Crippen LogP contribution in [0.1, 0.15) is 40.9 Å². The summed E-state index contributed by atoms with van der Waals surface area (Å²) >= 11 is -2.08. The van der Waals surface area contributed by atoms with E-state index in [9.17, 15) is 31.9 Å². The van der Waals surface area contributed by atoms with Gasteiger partial charge >= 0.3 is 5.97 Å². The van der Waals surface area contributed by atoms with Crippen molar-refractivity contribution in [2.24, 2.45) is 13.0 Å². The average Bonchev–Trinajstić information content (AvgIpc) is 3.86. The quantitative estimate of drug-likeness (QED) is 0.153. The molecule has 1 amide bonds. The van der Waals surface area contributed by atoms with E-state index in [1.807, 2.05) is 4.90 Å². The lowest BCUT2D eigenvalue weighted by Gasteiger charge is -2.40. The van der Waals surface area contributed by atoms with Gasteiger partial charge in [-0.1, -0.05) is 66.7 Å². The Balaban J connectivity index is 0.000000162. The zero-order chi connectivity index (χ0) is 41.6. The zero-order valence-corrected chi connectivity index (χ0v) is 34.4. The van der Waals surface area contributed by atoms with Crippen LogP contribution >= 0.6 is 0 Å². The number of aromatic nitrogens is 3. The molecule has 3 heterocycles. The molecule has 3 atom stereocenters. The van der Waals surface area contributed by atoms with E-state index < -0.39 is 26.9 Å². The number of carboxylic acid groups (broad SMARTS) is 1. The van der Waals surface area contributed by atoms with Crippen molar-refractivity contribution < 1.29 is 31.9 Å². The van der Waals surface area contributed by atoms with Crippen molar-refractivity contribution >= 4 is 49.3 Å². The van der Waals surface area contributed by atoms with E-state index in [2.05, 4.69) is 66.3 Å². The van der Waals surface area contributed by atoms with E-state index in [1.54, 1.807) is 84.7 Å². The predicted octanol–water partition coefficient (Wildman–Crippen LogP) is 6.59. The summed E-state index contributed by atoms with van der Waals surface area (Å²) in [5.41, 5.74) is 6.85. The van der Waals surface area contributed by atoms with Gasteiger partial charge < -0.3 is 19.5 Å². The van der Waals surface area contributed by atoms with Gasteiger partial charge in [0, 0.05) is 66.5 Å². The van der Waals surface area contributed by atoms with Crippen LogP contribution in [0, 0.1) is 5.92 Å². The minimum absolute atomic E-state index is 0.0294. The molecule has 2 N–H and O–H groups in total. The van der Waals surface area contributed by atoms with Crippen LogP contribution in [-0.2, 0) is 44.9 Å². The van der Waals surface area contributed by atoms with Gasteiger partial charge in [-0.15, -0.1) is 0 Å². The number of nitrogens with zero attached hydrogens (tertiary/aromatic N) is 4. The molecule has 14 heteroatoms. The molecule has 1 aliphatic heterocycles. The Morgan fingerprint density at radius 3 is 2.24 bits per heavy atom. The van der Waals surface area contributed by atoms with Gasteiger partial charge in [-0.05, 0) is 103 Å². The number of aromatic amines is 1. The SMILES string of the molecule is CCN(CC)C(=O)[C@@H]1C=C2c3cccc4[nH]cc(c34)C[C@H]2N(C)C1.Cn1nccc1-c1ccc(CS(=O)(=O)c2ccccc2)c(C(=O)O)c1.O=S([O-])c1ccccc1. The third kappa shape index (κ3) is 9.21. The Kier molecular flexibility index (Phi) is 13.2. The molecule has 0 bridgehead atoms. The lowest BCUT2D eigenvalue weighted by molar-refractivity contribution is -0.134. The molecule has 6 aromatic rings. The van der Waals surface area contributed by atoms with Crippen LogP contribution in [0.2, 0.25) is 0 Å². The molecule has 1 unspecified atom stereocenters. The number of sulfone groups is 1. The fourth-order valence-corrected chi connectivity index (χ4v) is 9.32. The number of hydrogen-bond donors (Lipinski definition) is 2. The number of fused-ring (bicyclic) bond motifs is 2. The van der Waals surface area contributed by atoms with E-state index in [-0.39, 0.29) is 33.6 Å². The van der Waals surface area contributed by atoms with Crippen molar-refractivity contribution in [2.75, 3.05) is 26.7 Å². The second-order valence-electron chi connectivity index (χ2n) is 14.1. The largest absolute Gasteiger partial charge is 0.768 e. The Hall–Kier alpha value is -5.67. The van der Waals surface area contributed by atoms with Crippen molar-refractivity contribution in [1.29, 1.82) is 0 Å². The molecule has 4 aromatic carbocycles. The first kappa shape index (κ1) is 41.9. The van der Waals surface area contributed by atoms with Crippen molar-refractivity contribution in [3.63, 3.8) is 0 Å². The maximum Gasteiger partial charge on any atom is 0.336 e. The molecule has 2 aliphatic rings. The van der Waals surface area contributed by atoms with Gasteiger partial charge in [0.15, 0.2) is 9.84 Å². The molecule has 302 valence electrons. The van der Waals surface area contributed by atoms with Crippen molar-refractivity contribution in [3.8, 4) is 11.3 Å². The van der Waals surface area contributed by atoms with Crippen LogP contribution in [0.25, 0.3) is 27.7 Å². The number of carboxylic acids is 1. The van der Waals surface area contributed by atoms with Crippen LogP contribution in [0.4, 0.5) is 0 Å². The first-order chi connectivity index (χ1) is 27.8. The highest BCUT2D eigenvalue weighted by molar-refractivity contribution is 7.90. The summed E-state index contributed by atoms with van der Waals surface area (Å²) in [5.74, 6) is -1.33. The molecule has 0 radical (unpaired) electrons. The molecular weight excluding hydrogens is 775 g/mol. The van der Waals surface area contributed by atoms with Crippen molar-refractivity contribution in [2.45, 2.75) is 41.9 Å². The maximum atomic E-state index is 12.9. The van der Waals surface area contributed by atoms with Crippen LogP contribution in [-0.4, -0.2) is 91.5 Å². The minimum atomic E-state index is -3.63. The van der Waals surface area contributed by atoms with E-state index in [0.29, 0.717) is 16.5 Å². The highest BCUT2D eigenvalue weighted by Gasteiger charge is 2.36. The van der Waals surface area contributed by atoms with E-state index in [4.69, 9.17) is 0 Å². The maximum absolute atomic E-state index is 12.9. The van der Waals surface area contributed by atoms with Gasteiger partial charge in [0.25, 0.3) is 0 Å². The Bertz CT molecular complexity index is 2560. The van der Waals surface area contributed by atoms with Gasteiger partial charge in [0.1, 0.15) is 0 Å². The number of rotatable bonds is 9. The number of amides is 1. The Morgan fingerprint density at radius 2 is 1.64 bits per heavy atom. The number of H-pyrrole nitrogens is 1. The number of aromatic carboxylic acids is 1. The van der Waals surface area contributed by atoms with E-state index in [1.165, 1.54) is 45.8 Å². The number of benzene rings is 4. The first-order valence-electron chi connectivity index (χ1n) is 18.9. The number of carbonyl (C=O) groups is 2. The fourth-order valence-electron chi connectivity index (χ4n) is 7.54. The molecule has 0 saturated heterocycles. The summed E-state index contributed by atoms with van der Waals surface area (Å²) in [4.78, 5) is 32.7. The fraction of sp³-hybridized carbons (Fsp3) is 0.250. The molecular formula is C44H46N5O7S2-. The number of hydrogen-bond acceptors (Lipinski definition) is 8. The van der Waals surface area contributed by atoms with Crippen LogP contribution in [0.3, 0.4) is 0 Å². The molecule has 1 aliphatic carbocycles. The van der Waals surface area contributed by atoms with Gasteiger partial charge in [0.2, 0.25) is 5.91 Å². The van der Waals surface area contributed by atoms with Crippen molar-refractivity contribution in [1.82, 2.24) is 24.6 Å². The standard InChI is InChI=1S/C20H25N3O.C18H16N2O4S.C6H6O2S/c1-4-23(5-2)20(24)14-9-16-15-7-6-8-17-19(15)13(11-21-17)10-18(16)22(3)12-14;1-20-17(9-10-19-20)13-7-8-14(16(11-13)18(21)22)12-25(23,24)15-5-3-2-4-6-15;7-9(8)6-4-2-1-3-5-6/h6-9,11,14,18,21H,4-5,10,12H2,1-3H3;2-11H,12H2,1H3,(H,21,22);1-5H,(H,7,8)/p-1/t14-,18-;;/m1../s1. The summed E-state index contributed by atoms with van der Waals surface area (Å²) in [5, 5.41) is 14.9. The highest BCUT2D eigenvalue weighted by Crippen LogP contribution is 2.41. The van der Waals surface area contributed by atoms with E-state index >= 15 is 0 Å². The number of likely N-dealkylation sites (N-methyl/N-ethyl adjacent to an activating group) is 1. The third-order valence-electron chi connectivity index (χ3n) is 10.5. The molecule has 12 nitrogen and oxygen atoms in total. The van der Waals surface area contributed by atoms with Gasteiger partial charge in [0.05, 0.1) is 27.8 Å². The lowest BCUT2D eigenvalue weighted by atomic mass is 9.79. The third-order valence-corrected chi connectivity index (χ3v) is 12.8. The summed E-state index contributed by atoms with van der Waals surface area (Å²) in [6.07, 6.45) is 7.02. The second kappa shape index (κ2) is 18.3. The summed E-state index contributed by atoms with van der Waals surface area (Å²) < 4.78 is 47.1. The smallest absolute Gasteiger partial charge is 0.336 e. The monoisotopic (exact) mass is 820 g/mol. The summed E-state index contributed by atoms with van der Waals surface area (Å²) in [6, 6.07) is 29.6. The predicted molar refractivity (Wildman–Crippen MR) is 224 cm³/mol. The van der Waals surface area contributed by atoms with Crippen molar-refractivity contribution in [3.05, 3.63) is 144 Å². The molecule has 2 aromatic heterocycles. The highest BCUT2D eigenvalue weighted by atomic mass is 32.2. The topological polar surface area (TPSA) is 169 Å². The van der Waals surface area contributed by atoms with Gasteiger partial charge in [-0.3, -0.25) is 18.6 Å². The average molecular weight is 821 g/mol. The van der Waals surface area contributed by atoms with E-state index in [0.717, 1.165) is 31.7 Å². The molecule has 58 heavy (non-hydrogen) atoms. The molecule has 0 saturated carbocycles. The number of nitrogens with one attached hydrogen (secondary N) is 1. The number of carbonyl (C=O) groups excluding carboxylic acids is 1. The van der Waals surface area contributed by atoms with Gasteiger partial charge in [-0.25, -0.2) is 13.2 Å². The Morgan fingerprint density at radius 1 is 0.948 bits per heavy atom. The molecule has 8 rings (SSSR count). The first-order valence-corrected chi connectivity index (χ1v) is 21.6. The van der Waals surface area contributed by atoms with Gasteiger partial charge in [-0.2, -0.15) is 5.10 Å². The normalized spacial score (nSPS) is 16.5. The molecule has 0 fully saturated rings. The minimum Gasteiger partial charge on any atom is -0.768 e. The summed E-state index contributed by atoms with van der Waals surface area (Å²) in [6.45, 7) is 6.47. The molecule has 0 spiro atoms. The zero-order valence-electron chi connectivity index (χ0n) is 32.7. The van der Waals surface area contributed by atoms with Crippen LogP contribution in [0.5, 0.6) is 0 Å². The number of aryl methyl sites for hydroxylation is 1. The van der Waals surface area contributed by atoms with Crippen LogP contribution < -0.4 is 0 Å². The lowest BCUT2D eigenvalue weighted by Crippen LogP contribution is -2.47. The second-order valence-corrected chi connectivity index (χ2v) is 17.0.